The maximum absolute atomic E-state index is 13.2. The van der Waals surface area contributed by atoms with E-state index in [2.05, 4.69) is 5.32 Å². The topological polar surface area (TPSA) is 79.0 Å². The summed E-state index contributed by atoms with van der Waals surface area (Å²) < 4.78 is 5.42. The van der Waals surface area contributed by atoms with Gasteiger partial charge in [-0.05, 0) is 42.3 Å². The summed E-state index contributed by atoms with van der Waals surface area (Å²) in [5.41, 5.74) is 3.50. The van der Waals surface area contributed by atoms with Gasteiger partial charge in [0.1, 0.15) is 5.75 Å². The van der Waals surface area contributed by atoms with Gasteiger partial charge >= 0.3 is 0 Å². The second-order valence-corrected chi connectivity index (χ2v) is 8.76. The Hall–Kier alpha value is -4.13. The number of nitrogens with zero attached hydrogens (tertiary/aromatic N) is 2. The monoisotopic (exact) mass is 471 g/mol. The van der Waals surface area contributed by atoms with Gasteiger partial charge in [0.2, 0.25) is 11.8 Å². The van der Waals surface area contributed by atoms with Crippen molar-refractivity contribution in [3.63, 3.8) is 0 Å². The Bertz CT molecular complexity index is 1240. The molecule has 1 saturated heterocycles. The molecule has 7 heteroatoms. The number of benzene rings is 3. The zero-order valence-corrected chi connectivity index (χ0v) is 20.2. The van der Waals surface area contributed by atoms with Crippen LogP contribution < -0.4 is 15.0 Å². The van der Waals surface area contributed by atoms with Crippen LogP contribution in [-0.4, -0.2) is 43.3 Å². The molecule has 1 N–H and O–H groups in total. The molecule has 0 aromatic heterocycles. The van der Waals surface area contributed by atoms with Crippen LogP contribution in [0.5, 0.6) is 5.75 Å². The molecule has 1 unspecified atom stereocenters. The Morgan fingerprint density at radius 3 is 2.51 bits per heavy atom. The molecule has 1 aliphatic rings. The number of methoxy groups -OCH3 is 1. The zero-order valence-electron chi connectivity index (χ0n) is 20.2. The molecule has 1 aliphatic heterocycles. The summed E-state index contributed by atoms with van der Waals surface area (Å²) in [6.45, 7) is 2.64. The van der Waals surface area contributed by atoms with Crippen LogP contribution in [-0.2, 0) is 16.1 Å². The van der Waals surface area contributed by atoms with E-state index in [0.717, 1.165) is 11.1 Å². The van der Waals surface area contributed by atoms with Crippen LogP contribution in [0, 0.1) is 12.8 Å². The highest BCUT2D eigenvalue weighted by Gasteiger charge is 2.36. The Morgan fingerprint density at radius 2 is 1.77 bits per heavy atom. The molecule has 0 bridgehead atoms. The van der Waals surface area contributed by atoms with Crippen LogP contribution in [0.1, 0.15) is 27.9 Å². The summed E-state index contributed by atoms with van der Waals surface area (Å²) in [5, 5.41) is 2.89. The van der Waals surface area contributed by atoms with Crippen LogP contribution in [0.15, 0.2) is 72.8 Å². The lowest BCUT2D eigenvalue weighted by molar-refractivity contribution is -0.122. The van der Waals surface area contributed by atoms with Gasteiger partial charge in [0.15, 0.2) is 0 Å². The fourth-order valence-corrected chi connectivity index (χ4v) is 4.28. The van der Waals surface area contributed by atoms with E-state index in [1.54, 1.807) is 48.2 Å². The van der Waals surface area contributed by atoms with Crippen molar-refractivity contribution in [2.75, 3.05) is 30.9 Å². The highest BCUT2D eigenvalue weighted by Crippen LogP contribution is 2.34. The fraction of sp³-hybridized carbons (Fsp3) is 0.250. The van der Waals surface area contributed by atoms with Gasteiger partial charge in [-0.25, -0.2) is 0 Å². The number of amides is 3. The molecule has 3 aromatic rings. The van der Waals surface area contributed by atoms with Gasteiger partial charge in [0.05, 0.1) is 30.0 Å². The molecular formula is C28H29N3O4. The second-order valence-electron chi connectivity index (χ2n) is 8.76. The van der Waals surface area contributed by atoms with Gasteiger partial charge in [0.25, 0.3) is 5.91 Å². The molecule has 1 heterocycles. The van der Waals surface area contributed by atoms with E-state index in [-0.39, 0.29) is 30.7 Å². The van der Waals surface area contributed by atoms with Crippen molar-refractivity contribution in [1.82, 2.24) is 4.90 Å². The molecule has 180 valence electrons. The van der Waals surface area contributed by atoms with Gasteiger partial charge in [-0.2, -0.15) is 0 Å². The summed E-state index contributed by atoms with van der Waals surface area (Å²) in [5.74, 6) is -0.585. The predicted octanol–water partition coefficient (Wildman–Crippen LogP) is 4.27. The minimum atomic E-state index is -0.544. The van der Waals surface area contributed by atoms with Crippen LogP contribution >= 0.6 is 0 Å². The first-order chi connectivity index (χ1) is 16.9. The minimum Gasteiger partial charge on any atom is -0.495 e. The SMILES string of the molecule is COc1ccc(C)cc1N1CC(C(=O)Nc2ccccc2C(=O)N(C)Cc2ccccc2)CC1=O. The van der Waals surface area contributed by atoms with Crippen LogP contribution in [0.4, 0.5) is 11.4 Å². The molecule has 1 fully saturated rings. The number of carbonyl (C=O) groups is 3. The summed E-state index contributed by atoms with van der Waals surface area (Å²) in [7, 11) is 3.29. The van der Waals surface area contributed by atoms with Gasteiger partial charge in [-0.3, -0.25) is 14.4 Å². The number of hydrogen-bond donors (Lipinski definition) is 1. The number of para-hydroxylation sites is 1. The van der Waals surface area contributed by atoms with E-state index in [0.29, 0.717) is 29.2 Å². The lowest BCUT2D eigenvalue weighted by Crippen LogP contribution is -2.30. The molecule has 0 aliphatic carbocycles. The van der Waals surface area contributed by atoms with Crippen molar-refractivity contribution >= 4 is 29.1 Å². The standard InChI is InChI=1S/C28H29N3O4/c1-19-13-14-25(35-3)24(15-19)31-18-21(16-26(31)32)27(33)29-23-12-8-7-11-22(23)28(34)30(2)17-20-9-5-4-6-10-20/h4-15,21H,16-18H2,1-3H3,(H,29,33). The quantitative estimate of drug-likeness (QED) is 0.558. The summed E-state index contributed by atoms with van der Waals surface area (Å²) >= 11 is 0. The lowest BCUT2D eigenvalue weighted by atomic mass is 10.1. The summed E-state index contributed by atoms with van der Waals surface area (Å²) in [6.07, 6.45) is 0.0902. The van der Waals surface area contributed by atoms with Crippen molar-refractivity contribution in [2.45, 2.75) is 19.9 Å². The average Bonchev–Trinajstić information content (AvgIpc) is 3.26. The minimum absolute atomic E-state index is 0.0902. The summed E-state index contributed by atoms with van der Waals surface area (Å²) in [6, 6.07) is 22.3. The Morgan fingerprint density at radius 1 is 1.06 bits per heavy atom. The van der Waals surface area contributed by atoms with Crippen molar-refractivity contribution in [3.8, 4) is 5.75 Å². The number of anilines is 2. The number of rotatable bonds is 7. The van der Waals surface area contributed by atoms with Gasteiger partial charge in [-0.1, -0.05) is 48.5 Å². The number of nitrogens with one attached hydrogen (secondary N) is 1. The predicted molar refractivity (Wildman–Crippen MR) is 136 cm³/mol. The molecule has 1 atom stereocenters. The van der Waals surface area contributed by atoms with Gasteiger partial charge < -0.3 is 19.9 Å². The largest absolute Gasteiger partial charge is 0.495 e. The zero-order chi connectivity index (χ0) is 24.9. The van der Waals surface area contributed by atoms with Crippen molar-refractivity contribution in [1.29, 1.82) is 0 Å². The van der Waals surface area contributed by atoms with Crippen molar-refractivity contribution < 1.29 is 19.1 Å². The van der Waals surface area contributed by atoms with Gasteiger partial charge in [-0.15, -0.1) is 0 Å². The molecule has 0 spiro atoms. The first-order valence-corrected chi connectivity index (χ1v) is 11.5. The van der Waals surface area contributed by atoms with E-state index < -0.39 is 5.92 Å². The molecule has 0 saturated carbocycles. The van der Waals surface area contributed by atoms with Gasteiger partial charge in [0, 0.05) is 26.6 Å². The molecule has 0 radical (unpaired) electrons. The number of hydrogen-bond acceptors (Lipinski definition) is 4. The average molecular weight is 472 g/mol. The van der Waals surface area contributed by atoms with Crippen molar-refractivity contribution in [2.24, 2.45) is 5.92 Å². The maximum atomic E-state index is 13.2. The molecule has 4 rings (SSSR count). The maximum Gasteiger partial charge on any atom is 0.256 e. The highest BCUT2D eigenvalue weighted by atomic mass is 16.5. The molecule has 35 heavy (non-hydrogen) atoms. The van der Waals surface area contributed by atoms with E-state index in [1.165, 1.54) is 0 Å². The number of ether oxygens (including phenoxy) is 1. The van der Waals surface area contributed by atoms with Crippen LogP contribution in [0.3, 0.4) is 0 Å². The fourth-order valence-electron chi connectivity index (χ4n) is 4.28. The van der Waals surface area contributed by atoms with Crippen LogP contribution in [0.2, 0.25) is 0 Å². The first-order valence-electron chi connectivity index (χ1n) is 11.5. The van der Waals surface area contributed by atoms with E-state index >= 15 is 0 Å². The third kappa shape index (κ3) is 5.35. The number of aryl methyl sites for hydroxylation is 1. The third-order valence-corrected chi connectivity index (χ3v) is 6.15. The van der Waals surface area contributed by atoms with E-state index in [1.807, 2.05) is 55.5 Å². The Labute approximate surface area is 205 Å². The third-order valence-electron chi connectivity index (χ3n) is 6.15. The van der Waals surface area contributed by atoms with E-state index in [9.17, 15) is 14.4 Å². The number of carbonyl (C=O) groups excluding carboxylic acids is 3. The highest BCUT2D eigenvalue weighted by molar-refractivity contribution is 6.07. The normalized spacial score (nSPS) is 15.1. The summed E-state index contributed by atoms with van der Waals surface area (Å²) in [4.78, 5) is 42.3. The molecule has 3 aromatic carbocycles. The van der Waals surface area contributed by atoms with E-state index in [4.69, 9.17) is 4.74 Å². The second kappa shape index (κ2) is 10.4. The Balaban J connectivity index is 1.48. The van der Waals surface area contributed by atoms with Crippen LogP contribution in [0.25, 0.3) is 0 Å². The first kappa shape index (κ1) is 24.0. The molecule has 7 nitrogen and oxygen atoms in total. The molecular weight excluding hydrogens is 442 g/mol. The lowest BCUT2D eigenvalue weighted by Gasteiger charge is -2.21. The Kier molecular flexibility index (Phi) is 7.15. The molecule has 3 amide bonds. The smallest absolute Gasteiger partial charge is 0.256 e. The van der Waals surface area contributed by atoms with Crippen molar-refractivity contribution in [3.05, 3.63) is 89.5 Å².